The van der Waals surface area contributed by atoms with Crippen LogP contribution in [0.15, 0.2) is 24.3 Å². The van der Waals surface area contributed by atoms with Crippen molar-refractivity contribution in [2.45, 2.75) is 19.9 Å². The molecule has 0 aliphatic rings. The van der Waals surface area contributed by atoms with Crippen LogP contribution in [0.4, 0.5) is 4.39 Å². The summed E-state index contributed by atoms with van der Waals surface area (Å²) in [5.74, 6) is -0.850. The van der Waals surface area contributed by atoms with Gasteiger partial charge < -0.3 is 11.1 Å². The first kappa shape index (κ1) is 12.6. The van der Waals surface area contributed by atoms with E-state index in [4.69, 9.17) is 5.73 Å². The third-order valence-corrected chi connectivity index (χ3v) is 2.59. The molecule has 16 heavy (non-hydrogen) atoms. The summed E-state index contributed by atoms with van der Waals surface area (Å²) in [6.07, 6.45) is 0. The van der Waals surface area contributed by atoms with Crippen LogP contribution in [-0.4, -0.2) is 12.5 Å². The van der Waals surface area contributed by atoms with E-state index in [-0.39, 0.29) is 23.7 Å². The Hall–Kier alpha value is -1.42. The Labute approximate surface area is 94.8 Å². The second-order valence-electron chi connectivity index (χ2n) is 3.95. The van der Waals surface area contributed by atoms with Gasteiger partial charge in [-0.25, -0.2) is 4.39 Å². The average Bonchev–Trinajstić information content (AvgIpc) is 2.25. The molecular weight excluding hydrogens is 207 g/mol. The van der Waals surface area contributed by atoms with Crippen LogP contribution in [0.1, 0.15) is 25.5 Å². The fourth-order valence-corrected chi connectivity index (χ4v) is 1.39. The molecule has 0 radical (unpaired) electrons. The first-order valence-corrected chi connectivity index (χ1v) is 5.29. The molecule has 88 valence electrons. The summed E-state index contributed by atoms with van der Waals surface area (Å²) in [6.45, 7) is 4.04. The zero-order valence-corrected chi connectivity index (χ0v) is 9.53. The van der Waals surface area contributed by atoms with Crippen LogP contribution in [0.2, 0.25) is 0 Å². The van der Waals surface area contributed by atoms with Crippen molar-refractivity contribution in [3.05, 3.63) is 35.6 Å². The van der Waals surface area contributed by atoms with Gasteiger partial charge in [0.15, 0.2) is 0 Å². The highest BCUT2D eigenvalue weighted by atomic mass is 19.1. The molecule has 3 N–H and O–H groups in total. The monoisotopic (exact) mass is 224 g/mol. The van der Waals surface area contributed by atoms with E-state index in [0.717, 1.165) is 0 Å². The first-order chi connectivity index (χ1) is 7.52. The Balaban J connectivity index is 2.56. The molecule has 0 saturated carbocycles. The lowest BCUT2D eigenvalue weighted by atomic mass is 10.1. The van der Waals surface area contributed by atoms with Gasteiger partial charge in [-0.15, -0.1) is 0 Å². The topological polar surface area (TPSA) is 55.1 Å². The summed E-state index contributed by atoms with van der Waals surface area (Å²) in [4.78, 5) is 10.8. The average molecular weight is 224 g/mol. The minimum atomic E-state index is -0.353. The SMILES string of the molecule is CC(CNC(C)c1ccccc1F)C(N)=O. The Morgan fingerprint density at radius 3 is 2.62 bits per heavy atom. The Morgan fingerprint density at radius 2 is 2.06 bits per heavy atom. The van der Waals surface area contributed by atoms with Crippen LogP contribution in [0, 0.1) is 11.7 Å². The number of nitrogens with two attached hydrogens (primary N) is 1. The molecule has 0 aliphatic carbocycles. The lowest BCUT2D eigenvalue weighted by Gasteiger charge is -2.16. The molecule has 0 saturated heterocycles. The van der Waals surface area contributed by atoms with Gasteiger partial charge in [0.2, 0.25) is 5.91 Å². The maximum atomic E-state index is 13.4. The normalized spacial score (nSPS) is 14.4. The van der Waals surface area contributed by atoms with E-state index in [1.54, 1.807) is 25.1 Å². The highest BCUT2D eigenvalue weighted by Gasteiger charge is 2.13. The zero-order chi connectivity index (χ0) is 12.1. The predicted octanol–water partition coefficient (Wildman–Crippen LogP) is 1.60. The summed E-state index contributed by atoms with van der Waals surface area (Å²) in [5.41, 5.74) is 5.73. The minimum Gasteiger partial charge on any atom is -0.369 e. The molecule has 0 bridgehead atoms. The van der Waals surface area contributed by atoms with Gasteiger partial charge in [-0.05, 0) is 13.0 Å². The van der Waals surface area contributed by atoms with Crippen LogP contribution in [0.5, 0.6) is 0 Å². The highest BCUT2D eigenvalue weighted by Crippen LogP contribution is 2.15. The molecule has 1 aromatic carbocycles. The molecule has 0 heterocycles. The quantitative estimate of drug-likeness (QED) is 0.798. The molecule has 0 aliphatic heterocycles. The molecule has 2 unspecified atom stereocenters. The largest absolute Gasteiger partial charge is 0.369 e. The Morgan fingerprint density at radius 1 is 1.44 bits per heavy atom. The van der Waals surface area contributed by atoms with Crippen molar-refractivity contribution >= 4 is 5.91 Å². The smallest absolute Gasteiger partial charge is 0.221 e. The van der Waals surface area contributed by atoms with Gasteiger partial charge in [-0.3, -0.25) is 4.79 Å². The number of benzene rings is 1. The maximum Gasteiger partial charge on any atom is 0.221 e. The lowest BCUT2D eigenvalue weighted by molar-refractivity contribution is -0.121. The number of nitrogens with one attached hydrogen (secondary N) is 1. The maximum absolute atomic E-state index is 13.4. The number of hydrogen-bond acceptors (Lipinski definition) is 2. The predicted molar refractivity (Wildman–Crippen MR) is 61.2 cm³/mol. The number of rotatable bonds is 5. The van der Waals surface area contributed by atoms with E-state index in [1.165, 1.54) is 6.07 Å². The Kier molecular flexibility index (Phi) is 4.43. The summed E-state index contributed by atoms with van der Waals surface area (Å²) in [6, 6.07) is 6.45. The van der Waals surface area contributed by atoms with Crippen molar-refractivity contribution in [3.8, 4) is 0 Å². The van der Waals surface area contributed by atoms with E-state index >= 15 is 0 Å². The van der Waals surface area contributed by atoms with Crippen molar-refractivity contribution < 1.29 is 9.18 Å². The fraction of sp³-hybridized carbons (Fsp3) is 0.417. The summed E-state index contributed by atoms with van der Waals surface area (Å²) < 4.78 is 13.4. The van der Waals surface area contributed by atoms with Gasteiger partial charge >= 0.3 is 0 Å². The van der Waals surface area contributed by atoms with E-state index < -0.39 is 0 Å². The van der Waals surface area contributed by atoms with E-state index in [9.17, 15) is 9.18 Å². The van der Waals surface area contributed by atoms with Gasteiger partial charge in [0.05, 0.1) is 0 Å². The van der Waals surface area contributed by atoms with Gasteiger partial charge in [0.1, 0.15) is 5.82 Å². The standard InChI is InChI=1S/C12H17FN2O/c1-8(12(14)16)7-15-9(2)10-5-3-4-6-11(10)13/h3-6,8-9,15H,7H2,1-2H3,(H2,14,16). The van der Waals surface area contributed by atoms with Crippen molar-refractivity contribution in [2.24, 2.45) is 11.7 Å². The summed E-state index contributed by atoms with van der Waals surface area (Å²) >= 11 is 0. The van der Waals surface area contributed by atoms with Gasteiger partial charge in [0.25, 0.3) is 0 Å². The molecule has 0 spiro atoms. The van der Waals surface area contributed by atoms with Gasteiger partial charge in [0, 0.05) is 24.1 Å². The van der Waals surface area contributed by atoms with Crippen LogP contribution in [0.3, 0.4) is 0 Å². The molecule has 2 atom stereocenters. The molecule has 3 nitrogen and oxygen atoms in total. The zero-order valence-electron chi connectivity index (χ0n) is 9.53. The molecule has 1 amide bonds. The summed E-state index contributed by atoms with van der Waals surface area (Å²) in [5, 5.41) is 3.08. The minimum absolute atomic E-state index is 0.136. The number of carbonyl (C=O) groups excluding carboxylic acids is 1. The van der Waals surface area contributed by atoms with Crippen molar-refractivity contribution in [3.63, 3.8) is 0 Å². The van der Waals surface area contributed by atoms with Crippen LogP contribution >= 0.6 is 0 Å². The van der Waals surface area contributed by atoms with Gasteiger partial charge in [-0.2, -0.15) is 0 Å². The van der Waals surface area contributed by atoms with E-state index in [1.807, 2.05) is 6.92 Å². The molecule has 1 rings (SSSR count). The number of amides is 1. The number of carbonyl (C=O) groups is 1. The number of halogens is 1. The second kappa shape index (κ2) is 5.61. The van der Waals surface area contributed by atoms with Crippen LogP contribution < -0.4 is 11.1 Å². The van der Waals surface area contributed by atoms with Gasteiger partial charge in [-0.1, -0.05) is 25.1 Å². The lowest BCUT2D eigenvalue weighted by Crippen LogP contribution is -2.32. The van der Waals surface area contributed by atoms with E-state index in [0.29, 0.717) is 12.1 Å². The van der Waals surface area contributed by atoms with Crippen molar-refractivity contribution in [1.29, 1.82) is 0 Å². The van der Waals surface area contributed by atoms with Crippen LogP contribution in [0.25, 0.3) is 0 Å². The fourth-order valence-electron chi connectivity index (χ4n) is 1.39. The highest BCUT2D eigenvalue weighted by molar-refractivity contribution is 5.76. The van der Waals surface area contributed by atoms with E-state index in [2.05, 4.69) is 5.32 Å². The molecule has 1 aromatic rings. The number of primary amides is 1. The molecule has 4 heteroatoms. The van der Waals surface area contributed by atoms with Crippen LogP contribution in [-0.2, 0) is 4.79 Å². The third-order valence-electron chi connectivity index (χ3n) is 2.59. The third kappa shape index (κ3) is 3.31. The first-order valence-electron chi connectivity index (χ1n) is 5.29. The van der Waals surface area contributed by atoms with Crippen molar-refractivity contribution in [1.82, 2.24) is 5.32 Å². The van der Waals surface area contributed by atoms with Crippen molar-refractivity contribution in [2.75, 3.05) is 6.54 Å². The molecule has 0 aromatic heterocycles. The number of hydrogen-bond donors (Lipinski definition) is 2. The summed E-state index contributed by atoms with van der Waals surface area (Å²) in [7, 11) is 0. The Bertz CT molecular complexity index is 368. The second-order valence-corrected chi connectivity index (χ2v) is 3.95. The molecular formula is C12H17FN2O. The molecule has 0 fully saturated rings.